The van der Waals surface area contributed by atoms with Gasteiger partial charge in [0.15, 0.2) is 5.82 Å². The summed E-state index contributed by atoms with van der Waals surface area (Å²) in [6.45, 7) is 3.41. The second-order valence-electron chi connectivity index (χ2n) is 12.6. The van der Waals surface area contributed by atoms with Crippen LogP contribution in [0.15, 0.2) is 72.9 Å². The highest BCUT2D eigenvalue weighted by atomic mass is 16.5. The second kappa shape index (κ2) is 14.3. The Morgan fingerprint density at radius 1 is 1.00 bits per heavy atom. The van der Waals surface area contributed by atoms with E-state index in [9.17, 15) is 14.4 Å². The number of aromatic nitrogens is 3. The van der Waals surface area contributed by atoms with Crippen molar-refractivity contribution in [1.82, 2.24) is 25.0 Å². The Morgan fingerprint density at radius 3 is 2.47 bits per heavy atom. The van der Waals surface area contributed by atoms with E-state index in [-0.39, 0.29) is 11.8 Å². The monoisotopic (exact) mass is 634 g/mol. The first-order valence-corrected chi connectivity index (χ1v) is 16.6. The van der Waals surface area contributed by atoms with Gasteiger partial charge in [-0.3, -0.25) is 9.59 Å². The average molecular weight is 635 g/mol. The third-order valence-electron chi connectivity index (χ3n) is 9.33. The number of rotatable bonds is 9. The highest BCUT2D eigenvalue weighted by Gasteiger charge is 2.42. The highest BCUT2D eigenvalue weighted by Crippen LogP contribution is 2.38. The van der Waals surface area contributed by atoms with Gasteiger partial charge < -0.3 is 20.3 Å². The Hall–Kier alpha value is -4.83. The number of fused-ring (bicyclic) bond motifs is 1. The molecule has 6 rings (SSSR count). The molecule has 1 aliphatic carbocycles. The number of pyridine rings is 1. The number of ether oxygens (including phenoxy) is 1. The largest absolute Gasteiger partial charge is 0.463 e. The topological polar surface area (TPSA) is 118 Å². The first-order chi connectivity index (χ1) is 22.8. The zero-order chi connectivity index (χ0) is 32.8. The SMILES string of the molecule is CCOC(=O)C=Cc1ccc(NC(=O)C2(NC(=O)c3ccc4c(C5CCCCC5)n(-c5ccccn5)nc4c3)CCN(C)CC2)cc1. The van der Waals surface area contributed by atoms with Crippen LogP contribution >= 0.6 is 0 Å². The molecular formula is C37H42N6O4. The molecule has 3 heterocycles. The molecule has 2 aliphatic rings. The Labute approximate surface area is 275 Å². The van der Waals surface area contributed by atoms with Crippen molar-refractivity contribution in [3.8, 4) is 5.82 Å². The number of nitrogens with zero attached hydrogens (tertiary/aromatic N) is 4. The number of esters is 1. The van der Waals surface area contributed by atoms with Crippen LogP contribution in [0.1, 0.15) is 79.4 Å². The fraction of sp³-hybridized carbons (Fsp3) is 0.378. The smallest absolute Gasteiger partial charge is 0.330 e. The number of amides is 2. The lowest BCUT2D eigenvalue weighted by molar-refractivity contribution is -0.137. The molecular weight excluding hydrogens is 592 g/mol. The lowest BCUT2D eigenvalue weighted by atomic mass is 9.85. The number of anilines is 1. The summed E-state index contributed by atoms with van der Waals surface area (Å²) >= 11 is 0. The van der Waals surface area contributed by atoms with Gasteiger partial charge in [0.1, 0.15) is 5.54 Å². The Morgan fingerprint density at radius 2 is 1.77 bits per heavy atom. The van der Waals surface area contributed by atoms with Crippen molar-refractivity contribution in [3.63, 3.8) is 0 Å². The molecule has 10 heteroatoms. The van der Waals surface area contributed by atoms with Gasteiger partial charge in [0.25, 0.3) is 5.91 Å². The molecule has 2 N–H and O–H groups in total. The maximum atomic E-state index is 13.9. The lowest BCUT2D eigenvalue weighted by Gasteiger charge is -2.40. The van der Waals surface area contributed by atoms with E-state index in [1.165, 1.54) is 25.3 Å². The van der Waals surface area contributed by atoms with Crippen LogP contribution in [0, 0.1) is 0 Å². The van der Waals surface area contributed by atoms with Crippen molar-refractivity contribution in [2.45, 2.75) is 63.3 Å². The van der Waals surface area contributed by atoms with Gasteiger partial charge in [-0.1, -0.05) is 43.5 Å². The third-order valence-corrected chi connectivity index (χ3v) is 9.33. The van der Waals surface area contributed by atoms with Crippen molar-refractivity contribution in [2.24, 2.45) is 0 Å². The number of hydrogen-bond donors (Lipinski definition) is 2. The molecule has 1 saturated carbocycles. The molecule has 1 aliphatic heterocycles. The van der Waals surface area contributed by atoms with Gasteiger partial charge in [0.05, 0.1) is 17.8 Å². The molecule has 0 spiro atoms. The van der Waals surface area contributed by atoms with Crippen LogP contribution in [-0.4, -0.2) is 69.7 Å². The molecule has 0 radical (unpaired) electrons. The van der Waals surface area contributed by atoms with Gasteiger partial charge >= 0.3 is 5.97 Å². The van der Waals surface area contributed by atoms with E-state index in [4.69, 9.17) is 9.84 Å². The van der Waals surface area contributed by atoms with Gasteiger partial charge in [-0.2, -0.15) is 5.10 Å². The summed E-state index contributed by atoms with van der Waals surface area (Å²) in [6.07, 6.45) is 11.6. The lowest BCUT2D eigenvalue weighted by Crippen LogP contribution is -2.61. The third kappa shape index (κ3) is 7.28. The molecule has 4 aromatic rings. The minimum Gasteiger partial charge on any atom is -0.463 e. The van der Waals surface area contributed by atoms with Crippen molar-refractivity contribution >= 4 is 40.4 Å². The number of likely N-dealkylation sites (tertiary alicyclic amines) is 1. The van der Waals surface area contributed by atoms with Crippen LogP contribution in [0.25, 0.3) is 22.8 Å². The standard InChI is InChI=1S/C37H42N6O4/c1-3-47-33(44)19-14-26-12-16-29(17-13-26)39-36(46)37(20-23-42(2)24-21-37)40-35(45)28-15-18-30-31(25-28)41-43(32-11-7-8-22-38-32)34(30)27-9-5-4-6-10-27/h7-8,11-19,22,25,27H,3-6,9-10,20-21,23-24H2,1-2H3,(H,39,46)(H,40,45). The molecule has 0 unspecified atom stereocenters. The summed E-state index contributed by atoms with van der Waals surface area (Å²) < 4.78 is 6.88. The molecule has 10 nitrogen and oxygen atoms in total. The Bertz CT molecular complexity index is 1750. The number of nitrogens with one attached hydrogen (secondary N) is 2. The van der Waals surface area contributed by atoms with Gasteiger partial charge in [0, 0.05) is 47.9 Å². The first kappa shape index (κ1) is 32.1. The van der Waals surface area contributed by atoms with Crippen LogP contribution in [-0.2, 0) is 14.3 Å². The van der Waals surface area contributed by atoms with E-state index in [1.54, 1.807) is 31.3 Å². The van der Waals surface area contributed by atoms with E-state index in [1.807, 2.05) is 60.3 Å². The van der Waals surface area contributed by atoms with E-state index in [2.05, 4.69) is 20.5 Å². The van der Waals surface area contributed by atoms with Crippen LogP contribution in [0.3, 0.4) is 0 Å². The van der Waals surface area contributed by atoms with E-state index in [0.717, 1.165) is 40.8 Å². The van der Waals surface area contributed by atoms with Crippen molar-refractivity contribution in [1.29, 1.82) is 0 Å². The fourth-order valence-corrected chi connectivity index (χ4v) is 6.65. The molecule has 244 valence electrons. The van der Waals surface area contributed by atoms with Gasteiger partial charge in [-0.05, 0) is 87.7 Å². The number of hydrogen-bond acceptors (Lipinski definition) is 7. The Balaban J connectivity index is 1.24. The van der Waals surface area contributed by atoms with Crippen molar-refractivity contribution in [3.05, 3.63) is 89.8 Å². The molecule has 2 amide bonds. The van der Waals surface area contributed by atoms with Crippen LogP contribution < -0.4 is 10.6 Å². The van der Waals surface area contributed by atoms with E-state index >= 15 is 0 Å². The first-order valence-electron chi connectivity index (χ1n) is 16.6. The summed E-state index contributed by atoms with van der Waals surface area (Å²) in [4.78, 5) is 46.2. The number of benzene rings is 2. The second-order valence-corrected chi connectivity index (χ2v) is 12.6. The van der Waals surface area contributed by atoms with Crippen LogP contribution in [0.2, 0.25) is 0 Å². The molecule has 0 atom stereocenters. The molecule has 47 heavy (non-hydrogen) atoms. The summed E-state index contributed by atoms with van der Waals surface area (Å²) in [5.74, 6) is 0.172. The normalized spacial score (nSPS) is 17.1. The predicted molar refractivity (Wildman–Crippen MR) is 182 cm³/mol. The average Bonchev–Trinajstić information content (AvgIpc) is 3.49. The molecule has 1 saturated heterocycles. The van der Waals surface area contributed by atoms with Crippen molar-refractivity contribution in [2.75, 3.05) is 32.1 Å². The zero-order valence-electron chi connectivity index (χ0n) is 27.1. The van der Waals surface area contributed by atoms with Gasteiger partial charge in [-0.25, -0.2) is 14.5 Å². The fourth-order valence-electron chi connectivity index (χ4n) is 6.65. The van der Waals surface area contributed by atoms with Gasteiger partial charge in [0.2, 0.25) is 5.91 Å². The van der Waals surface area contributed by atoms with Gasteiger partial charge in [-0.15, -0.1) is 0 Å². The minimum atomic E-state index is -1.08. The summed E-state index contributed by atoms with van der Waals surface area (Å²) in [6, 6.07) is 18.7. The minimum absolute atomic E-state index is 0.256. The van der Waals surface area contributed by atoms with E-state index in [0.29, 0.717) is 49.7 Å². The summed E-state index contributed by atoms with van der Waals surface area (Å²) in [7, 11) is 2.02. The molecule has 2 fully saturated rings. The van der Waals surface area contributed by atoms with Crippen LogP contribution in [0.4, 0.5) is 5.69 Å². The van der Waals surface area contributed by atoms with Crippen molar-refractivity contribution < 1.29 is 19.1 Å². The maximum Gasteiger partial charge on any atom is 0.330 e. The predicted octanol–water partition coefficient (Wildman–Crippen LogP) is 5.88. The van der Waals surface area contributed by atoms with E-state index < -0.39 is 11.5 Å². The molecule has 0 bridgehead atoms. The highest BCUT2D eigenvalue weighted by molar-refractivity contribution is 6.05. The molecule has 2 aromatic carbocycles. The molecule has 2 aromatic heterocycles. The Kier molecular flexibility index (Phi) is 9.77. The number of carbonyl (C=O) groups excluding carboxylic acids is 3. The summed E-state index contributed by atoms with van der Waals surface area (Å²) in [5, 5.41) is 12.2. The number of piperidine rings is 1. The van der Waals surface area contributed by atoms with Crippen LogP contribution in [0.5, 0.6) is 0 Å². The maximum absolute atomic E-state index is 13.9. The quantitative estimate of drug-likeness (QED) is 0.174. The summed E-state index contributed by atoms with van der Waals surface area (Å²) in [5.41, 5.74) is 2.67. The zero-order valence-corrected chi connectivity index (χ0v) is 27.1. The number of carbonyl (C=O) groups is 3.